The zero-order chi connectivity index (χ0) is 20.0. The van der Waals surface area contributed by atoms with Crippen molar-refractivity contribution in [3.8, 4) is 0 Å². The summed E-state index contributed by atoms with van der Waals surface area (Å²) < 4.78 is 31.9. The molecule has 27 heavy (non-hydrogen) atoms. The van der Waals surface area contributed by atoms with Gasteiger partial charge in [-0.3, -0.25) is 4.79 Å². The standard InChI is InChI=1S/C18H25ClN2O5S/c1-3-13(2)20-17(22)12-26-18(23)15-11-14(7-8-16(15)19)27(24,25)21-9-5-4-6-10-21/h7-8,11,13H,3-6,9-10,12H2,1-2H3,(H,20,22)/t13-/m1/s1. The summed E-state index contributed by atoms with van der Waals surface area (Å²) in [7, 11) is -3.70. The maximum absolute atomic E-state index is 12.8. The molecule has 2 rings (SSSR count). The molecule has 1 amide bonds. The highest BCUT2D eigenvalue weighted by Crippen LogP contribution is 2.25. The summed E-state index contributed by atoms with van der Waals surface area (Å²) in [5.41, 5.74) is -0.0777. The molecular formula is C18H25ClN2O5S. The van der Waals surface area contributed by atoms with Crippen molar-refractivity contribution in [2.45, 2.75) is 50.5 Å². The molecule has 1 fully saturated rings. The van der Waals surface area contributed by atoms with Crippen LogP contribution in [0, 0.1) is 0 Å². The van der Waals surface area contributed by atoms with E-state index in [1.165, 1.54) is 22.5 Å². The smallest absolute Gasteiger partial charge is 0.340 e. The van der Waals surface area contributed by atoms with Crippen LogP contribution in [-0.2, 0) is 19.6 Å². The van der Waals surface area contributed by atoms with E-state index < -0.39 is 28.5 Å². The number of carbonyl (C=O) groups excluding carboxylic acids is 2. The minimum Gasteiger partial charge on any atom is -0.452 e. The second-order valence-electron chi connectivity index (χ2n) is 6.56. The Morgan fingerprint density at radius 3 is 2.56 bits per heavy atom. The number of ether oxygens (including phenoxy) is 1. The van der Waals surface area contributed by atoms with E-state index in [0.29, 0.717) is 13.1 Å². The number of nitrogens with zero attached hydrogens (tertiary/aromatic N) is 1. The molecule has 0 saturated carbocycles. The third-order valence-corrected chi connectivity index (χ3v) is 6.69. The van der Waals surface area contributed by atoms with Crippen LogP contribution in [0.2, 0.25) is 5.02 Å². The first-order valence-electron chi connectivity index (χ1n) is 9.02. The first kappa shape index (κ1) is 21.7. The number of benzene rings is 1. The van der Waals surface area contributed by atoms with Crippen molar-refractivity contribution >= 4 is 33.5 Å². The highest BCUT2D eigenvalue weighted by Gasteiger charge is 2.27. The van der Waals surface area contributed by atoms with Gasteiger partial charge >= 0.3 is 5.97 Å². The van der Waals surface area contributed by atoms with E-state index in [1.54, 1.807) is 0 Å². The topological polar surface area (TPSA) is 92.8 Å². The minimum absolute atomic E-state index is 0.00944. The maximum Gasteiger partial charge on any atom is 0.340 e. The molecule has 1 aromatic rings. The second-order valence-corrected chi connectivity index (χ2v) is 8.90. The van der Waals surface area contributed by atoms with Crippen LogP contribution in [0.3, 0.4) is 0 Å². The van der Waals surface area contributed by atoms with Crippen LogP contribution in [-0.4, -0.2) is 50.3 Å². The Morgan fingerprint density at radius 1 is 1.26 bits per heavy atom. The Balaban J connectivity index is 2.12. The third-order valence-electron chi connectivity index (χ3n) is 4.46. The molecule has 7 nitrogen and oxygen atoms in total. The normalized spacial score (nSPS) is 16.6. The van der Waals surface area contributed by atoms with E-state index in [-0.39, 0.29) is 21.5 Å². The van der Waals surface area contributed by atoms with Gasteiger partial charge in [0, 0.05) is 19.1 Å². The van der Waals surface area contributed by atoms with Crippen LogP contribution in [0.5, 0.6) is 0 Å². The molecule has 0 radical (unpaired) electrons. The Labute approximate surface area is 165 Å². The lowest BCUT2D eigenvalue weighted by molar-refractivity contribution is -0.124. The lowest BCUT2D eigenvalue weighted by atomic mass is 10.2. The van der Waals surface area contributed by atoms with Gasteiger partial charge in [-0.15, -0.1) is 0 Å². The molecular weight excluding hydrogens is 392 g/mol. The van der Waals surface area contributed by atoms with Gasteiger partial charge in [0.05, 0.1) is 15.5 Å². The maximum atomic E-state index is 12.8. The first-order valence-corrected chi connectivity index (χ1v) is 10.8. The van der Waals surface area contributed by atoms with Crippen LogP contribution in [0.25, 0.3) is 0 Å². The van der Waals surface area contributed by atoms with Crippen molar-refractivity contribution in [3.63, 3.8) is 0 Å². The number of esters is 1. The Bertz CT molecular complexity index is 791. The van der Waals surface area contributed by atoms with Gasteiger partial charge in [0.2, 0.25) is 10.0 Å². The van der Waals surface area contributed by atoms with Crippen molar-refractivity contribution in [1.29, 1.82) is 0 Å². The SMILES string of the molecule is CC[C@@H](C)NC(=O)COC(=O)c1cc(S(=O)(=O)N2CCCCC2)ccc1Cl. The number of amides is 1. The zero-order valence-electron chi connectivity index (χ0n) is 15.5. The molecule has 0 bridgehead atoms. The van der Waals surface area contributed by atoms with E-state index in [9.17, 15) is 18.0 Å². The average molecular weight is 417 g/mol. The third kappa shape index (κ3) is 5.67. The largest absolute Gasteiger partial charge is 0.452 e. The molecule has 1 heterocycles. The van der Waals surface area contributed by atoms with Gasteiger partial charge in [-0.05, 0) is 44.4 Å². The summed E-state index contributed by atoms with van der Waals surface area (Å²) in [5, 5.41) is 2.75. The molecule has 1 aliphatic rings. The summed E-state index contributed by atoms with van der Waals surface area (Å²) in [6.45, 7) is 4.22. The number of rotatable bonds is 7. The quantitative estimate of drug-likeness (QED) is 0.689. The van der Waals surface area contributed by atoms with E-state index >= 15 is 0 Å². The summed E-state index contributed by atoms with van der Waals surface area (Å²) in [6.07, 6.45) is 3.38. The van der Waals surface area contributed by atoms with E-state index in [0.717, 1.165) is 25.7 Å². The number of hydrogen-bond donors (Lipinski definition) is 1. The molecule has 1 N–H and O–H groups in total. The Morgan fingerprint density at radius 2 is 1.93 bits per heavy atom. The highest BCUT2D eigenvalue weighted by atomic mass is 35.5. The number of halogens is 1. The van der Waals surface area contributed by atoms with Gasteiger partial charge in [0.15, 0.2) is 6.61 Å². The second kappa shape index (κ2) is 9.52. The Hall–Kier alpha value is -1.64. The molecule has 0 aliphatic carbocycles. The lowest BCUT2D eigenvalue weighted by Crippen LogP contribution is -2.36. The van der Waals surface area contributed by atoms with Crippen molar-refractivity contribution < 1.29 is 22.7 Å². The summed E-state index contributed by atoms with van der Waals surface area (Å²) in [5.74, 6) is -1.26. The summed E-state index contributed by atoms with van der Waals surface area (Å²) in [6, 6.07) is 3.91. The van der Waals surface area contributed by atoms with Crippen molar-refractivity contribution in [3.05, 3.63) is 28.8 Å². The van der Waals surface area contributed by atoms with Crippen LogP contribution < -0.4 is 5.32 Å². The van der Waals surface area contributed by atoms with Gasteiger partial charge < -0.3 is 10.1 Å². The number of nitrogens with one attached hydrogen (secondary N) is 1. The van der Waals surface area contributed by atoms with Crippen LogP contribution in [0.4, 0.5) is 0 Å². The molecule has 1 saturated heterocycles. The lowest BCUT2D eigenvalue weighted by Gasteiger charge is -2.26. The number of piperidine rings is 1. The van der Waals surface area contributed by atoms with E-state index in [1.807, 2.05) is 13.8 Å². The molecule has 1 atom stereocenters. The minimum atomic E-state index is -3.70. The summed E-state index contributed by atoms with van der Waals surface area (Å²) >= 11 is 6.04. The molecule has 0 aromatic heterocycles. The molecule has 0 spiro atoms. The predicted molar refractivity (Wildman–Crippen MR) is 102 cm³/mol. The van der Waals surface area contributed by atoms with Crippen LogP contribution in [0.1, 0.15) is 49.9 Å². The van der Waals surface area contributed by atoms with Gasteiger partial charge in [0.25, 0.3) is 5.91 Å². The fourth-order valence-electron chi connectivity index (χ4n) is 2.70. The Kier molecular flexibility index (Phi) is 7.64. The molecule has 0 unspecified atom stereocenters. The highest BCUT2D eigenvalue weighted by molar-refractivity contribution is 7.89. The fourth-order valence-corrected chi connectivity index (χ4v) is 4.44. The van der Waals surface area contributed by atoms with Crippen LogP contribution >= 0.6 is 11.6 Å². The van der Waals surface area contributed by atoms with Crippen molar-refractivity contribution in [2.75, 3.05) is 19.7 Å². The van der Waals surface area contributed by atoms with E-state index in [2.05, 4.69) is 5.32 Å². The van der Waals surface area contributed by atoms with Crippen molar-refractivity contribution in [2.24, 2.45) is 0 Å². The van der Waals surface area contributed by atoms with Crippen LogP contribution in [0.15, 0.2) is 23.1 Å². The van der Waals surface area contributed by atoms with Gasteiger partial charge in [0.1, 0.15) is 0 Å². The molecule has 9 heteroatoms. The number of carbonyl (C=O) groups is 2. The van der Waals surface area contributed by atoms with Crippen molar-refractivity contribution in [1.82, 2.24) is 9.62 Å². The molecule has 150 valence electrons. The molecule has 1 aliphatic heterocycles. The van der Waals surface area contributed by atoms with Gasteiger partial charge in [-0.1, -0.05) is 24.9 Å². The van der Waals surface area contributed by atoms with E-state index in [4.69, 9.17) is 16.3 Å². The molecule has 1 aromatic carbocycles. The zero-order valence-corrected chi connectivity index (χ0v) is 17.1. The summed E-state index contributed by atoms with van der Waals surface area (Å²) in [4.78, 5) is 24.0. The number of hydrogen-bond acceptors (Lipinski definition) is 5. The fraction of sp³-hybridized carbons (Fsp3) is 0.556. The number of sulfonamides is 1. The van der Waals surface area contributed by atoms with Gasteiger partial charge in [-0.25, -0.2) is 13.2 Å². The van der Waals surface area contributed by atoms with Gasteiger partial charge in [-0.2, -0.15) is 4.31 Å². The predicted octanol–water partition coefficient (Wildman–Crippen LogP) is 2.59. The first-order chi connectivity index (χ1) is 12.8. The monoisotopic (exact) mass is 416 g/mol. The average Bonchev–Trinajstić information content (AvgIpc) is 2.66.